The highest BCUT2D eigenvalue weighted by Crippen LogP contribution is 2.02. The number of hydrogen-bond donors (Lipinski definition) is 1. The molecule has 0 unspecified atom stereocenters. The van der Waals surface area contributed by atoms with Crippen LogP contribution in [0.25, 0.3) is 0 Å². The predicted molar refractivity (Wildman–Crippen MR) is 50.1 cm³/mol. The number of para-hydroxylation sites is 1. The summed E-state index contributed by atoms with van der Waals surface area (Å²) in [5.41, 5.74) is 0. The van der Waals surface area contributed by atoms with Crippen LogP contribution in [-0.2, 0) is 0 Å². The van der Waals surface area contributed by atoms with Crippen LogP contribution in [-0.4, -0.2) is 5.11 Å². The zero-order valence-corrected chi connectivity index (χ0v) is 7.05. The summed E-state index contributed by atoms with van der Waals surface area (Å²) in [7, 11) is 0. The molecular weight excluding hydrogens is 164 g/mol. The molecule has 0 amide bonds. The Bertz CT molecular complexity index is 257. The summed E-state index contributed by atoms with van der Waals surface area (Å²) in [6.07, 6.45) is 3.25. The SMILES string of the molecule is Oc1ccccc1.[C].c1ccoc1. The van der Waals surface area contributed by atoms with Gasteiger partial charge in [0.25, 0.3) is 0 Å². The lowest BCUT2D eigenvalue weighted by Gasteiger charge is -1.82. The molecule has 1 heterocycles. The van der Waals surface area contributed by atoms with E-state index in [0.29, 0.717) is 5.75 Å². The number of aromatic hydroxyl groups is 1. The third kappa shape index (κ3) is 5.56. The lowest BCUT2D eigenvalue weighted by Crippen LogP contribution is -1.56. The Labute approximate surface area is 78.5 Å². The highest BCUT2D eigenvalue weighted by molar-refractivity contribution is 5.18. The third-order valence-corrected chi connectivity index (χ3v) is 1.18. The maximum absolute atomic E-state index is 8.63. The lowest BCUT2D eigenvalue weighted by molar-refractivity contribution is 0.475. The van der Waals surface area contributed by atoms with Gasteiger partial charge in [0.2, 0.25) is 0 Å². The molecule has 2 rings (SSSR count). The van der Waals surface area contributed by atoms with E-state index in [9.17, 15) is 0 Å². The van der Waals surface area contributed by atoms with Gasteiger partial charge in [0.15, 0.2) is 0 Å². The molecule has 1 N–H and O–H groups in total. The molecule has 1 aromatic carbocycles. The van der Waals surface area contributed by atoms with Crippen molar-refractivity contribution < 1.29 is 9.52 Å². The van der Waals surface area contributed by atoms with E-state index >= 15 is 0 Å². The van der Waals surface area contributed by atoms with Gasteiger partial charge in [0, 0.05) is 7.43 Å². The molecule has 0 aliphatic carbocycles. The molecule has 2 heteroatoms. The number of furan rings is 1. The molecule has 2 aromatic rings. The molecule has 0 saturated carbocycles. The van der Waals surface area contributed by atoms with Gasteiger partial charge < -0.3 is 9.52 Å². The molecule has 4 radical (unpaired) electrons. The number of phenolic OH excluding ortho intramolecular Hbond substituents is 1. The van der Waals surface area contributed by atoms with E-state index in [-0.39, 0.29) is 7.43 Å². The van der Waals surface area contributed by atoms with Crippen molar-refractivity contribution in [3.63, 3.8) is 0 Å². The van der Waals surface area contributed by atoms with Gasteiger partial charge in [-0.25, -0.2) is 0 Å². The van der Waals surface area contributed by atoms with E-state index in [2.05, 4.69) is 4.42 Å². The van der Waals surface area contributed by atoms with Gasteiger partial charge in [-0.3, -0.25) is 0 Å². The maximum atomic E-state index is 8.63. The second kappa shape index (κ2) is 6.98. The first-order valence-electron chi connectivity index (χ1n) is 3.61. The molecule has 0 atom stereocenters. The van der Waals surface area contributed by atoms with Crippen LogP contribution < -0.4 is 0 Å². The highest BCUT2D eigenvalue weighted by atomic mass is 16.3. The van der Waals surface area contributed by atoms with Crippen molar-refractivity contribution in [1.82, 2.24) is 0 Å². The fourth-order valence-electron chi connectivity index (χ4n) is 0.655. The number of rotatable bonds is 0. The summed E-state index contributed by atoms with van der Waals surface area (Å²) in [6, 6.07) is 12.4. The van der Waals surface area contributed by atoms with Gasteiger partial charge in [-0.05, 0) is 24.3 Å². The van der Waals surface area contributed by atoms with Crippen LogP contribution in [0, 0.1) is 7.43 Å². The van der Waals surface area contributed by atoms with E-state index in [4.69, 9.17) is 5.11 Å². The Morgan fingerprint density at radius 1 is 0.846 bits per heavy atom. The molecule has 0 aliphatic rings. The van der Waals surface area contributed by atoms with E-state index in [1.807, 2.05) is 18.2 Å². The van der Waals surface area contributed by atoms with E-state index in [1.165, 1.54) is 0 Å². The van der Waals surface area contributed by atoms with E-state index in [0.717, 1.165) is 0 Å². The Kier molecular flexibility index (Phi) is 6.06. The second-order valence-electron chi connectivity index (χ2n) is 2.13. The van der Waals surface area contributed by atoms with Gasteiger partial charge in [-0.15, -0.1) is 0 Å². The van der Waals surface area contributed by atoms with Crippen molar-refractivity contribution >= 4 is 0 Å². The molecule has 0 aliphatic heterocycles. The highest BCUT2D eigenvalue weighted by Gasteiger charge is 1.74. The minimum atomic E-state index is 0. The Balaban J connectivity index is 0.000000215. The molecular formula is C11H10O2. The third-order valence-electron chi connectivity index (χ3n) is 1.18. The van der Waals surface area contributed by atoms with Gasteiger partial charge in [0.05, 0.1) is 12.5 Å². The van der Waals surface area contributed by atoms with Crippen LogP contribution in [0.5, 0.6) is 5.75 Å². The quantitative estimate of drug-likeness (QED) is 0.666. The van der Waals surface area contributed by atoms with Crippen LogP contribution in [0.3, 0.4) is 0 Å². The van der Waals surface area contributed by atoms with Crippen molar-refractivity contribution in [2.24, 2.45) is 0 Å². The molecule has 0 bridgehead atoms. The van der Waals surface area contributed by atoms with Crippen molar-refractivity contribution in [2.75, 3.05) is 0 Å². The zero-order chi connectivity index (χ0) is 8.65. The van der Waals surface area contributed by atoms with Gasteiger partial charge in [-0.2, -0.15) is 0 Å². The monoisotopic (exact) mass is 174 g/mol. The number of benzene rings is 1. The van der Waals surface area contributed by atoms with Crippen LogP contribution in [0.4, 0.5) is 0 Å². The molecule has 0 saturated heterocycles. The first-order valence-corrected chi connectivity index (χ1v) is 3.61. The number of phenols is 1. The average molecular weight is 174 g/mol. The Morgan fingerprint density at radius 3 is 1.62 bits per heavy atom. The summed E-state index contributed by atoms with van der Waals surface area (Å²) in [5, 5.41) is 8.63. The van der Waals surface area contributed by atoms with E-state index in [1.54, 1.807) is 36.8 Å². The largest absolute Gasteiger partial charge is 0.508 e. The van der Waals surface area contributed by atoms with Crippen molar-refractivity contribution in [2.45, 2.75) is 0 Å². The molecule has 1 aromatic heterocycles. The maximum Gasteiger partial charge on any atom is 0.115 e. The molecule has 2 nitrogen and oxygen atoms in total. The Hall–Kier alpha value is -1.70. The first-order chi connectivity index (χ1) is 5.89. The fraction of sp³-hybridized carbons (Fsp3) is 0. The summed E-state index contributed by atoms with van der Waals surface area (Å²) < 4.78 is 4.58. The predicted octanol–water partition coefficient (Wildman–Crippen LogP) is 2.75. The second-order valence-corrected chi connectivity index (χ2v) is 2.13. The first kappa shape index (κ1) is 11.3. The van der Waals surface area contributed by atoms with Crippen LogP contribution in [0.15, 0.2) is 59.4 Å². The number of hydrogen-bond acceptors (Lipinski definition) is 2. The minimum absolute atomic E-state index is 0. The summed E-state index contributed by atoms with van der Waals surface area (Å²) in [6.45, 7) is 0. The molecule has 0 spiro atoms. The van der Waals surface area contributed by atoms with Gasteiger partial charge in [0.1, 0.15) is 5.75 Å². The molecule has 0 fully saturated rings. The molecule has 13 heavy (non-hydrogen) atoms. The average Bonchev–Trinajstić information content (AvgIpc) is 2.62. The van der Waals surface area contributed by atoms with Crippen molar-refractivity contribution in [1.29, 1.82) is 0 Å². The van der Waals surface area contributed by atoms with Crippen molar-refractivity contribution in [3.8, 4) is 5.75 Å². The van der Waals surface area contributed by atoms with Crippen LogP contribution in [0.2, 0.25) is 0 Å². The normalized spacial score (nSPS) is 7.69. The van der Waals surface area contributed by atoms with Gasteiger partial charge in [-0.1, -0.05) is 18.2 Å². The smallest absolute Gasteiger partial charge is 0.115 e. The van der Waals surface area contributed by atoms with Crippen molar-refractivity contribution in [3.05, 3.63) is 62.4 Å². The van der Waals surface area contributed by atoms with Crippen LogP contribution in [0.1, 0.15) is 0 Å². The minimum Gasteiger partial charge on any atom is -0.508 e. The lowest BCUT2D eigenvalue weighted by atomic mass is 10.3. The Morgan fingerprint density at radius 2 is 1.38 bits per heavy atom. The van der Waals surface area contributed by atoms with Gasteiger partial charge >= 0.3 is 0 Å². The topological polar surface area (TPSA) is 33.4 Å². The standard InChI is InChI=1S/C6H6O.C4H4O.C/c7-6-4-2-1-3-5-6;1-2-4-5-3-1;/h1-5,7H;1-4H;. The fourth-order valence-corrected chi connectivity index (χ4v) is 0.655. The summed E-state index contributed by atoms with van der Waals surface area (Å²) in [5.74, 6) is 0.322. The zero-order valence-electron chi connectivity index (χ0n) is 7.05. The van der Waals surface area contributed by atoms with E-state index < -0.39 is 0 Å². The summed E-state index contributed by atoms with van der Waals surface area (Å²) >= 11 is 0. The van der Waals surface area contributed by atoms with Crippen LogP contribution >= 0.6 is 0 Å². The summed E-state index contributed by atoms with van der Waals surface area (Å²) in [4.78, 5) is 0. The molecule has 66 valence electrons.